The van der Waals surface area contributed by atoms with Crippen LogP contribution < -0.4 is 5.32 Å². The molecule has 2 nitrogen and oxygen atoms in total. The first-order chi connectivity index (χ1) is 7.93. The lowest BCUT2D eigenvalue weighted by molar-refractivity contribution is -0.132. The Hall–Kier alpha value is -0.530. The molecule has 0 saturated heterocycles. The number of hydrogen-bond acceptors (Lipinski definition) is 1. The first-order valence-corrected chi connectivity index (χ1v) is 7.24. The third kappa shape index (κ3) is 2.00. The van der Waals surface area contributed by atoms with Gasteiger partial charge in [0.05, 0.1) is 0 Å². The van der Waals surface area contributed by atoms with Gasteiger partial charge in [0.15, 0.2) is 0 Å². The second kappa shape index (κ2) is 3.73. The summed E-state index contributed by atoms with van der Waals surface area (Å²) < 4.78 is 0. The van der Waals surface area contributed by atoms with Crippen LogP contribution in [0.1, 0.15) is 52.9 Å². The summed E-state index contributed by atoms with van der Waals surface area (Å²) in [4.78, 5) is 12.1. The van der Waals surface area contributed by atoms with E-state index >= 15 is 0 Å². The van der Waals surface area contributed by atoms with Crippen LogP contribution in [0.15, 0.2) is 0 Å². The molecular weight excluding hydrogens is 210 g/mol. The molecule has 0 spiro atoms. The van der Waals surface area contributed by atoms with E-state index in [4.69, 9.17) is 0 Å². The minimum atomic E-state index is -0.241. The Balaban J connectivity index is 1.70. The number of nitrogens with one attached hydrogen (secondary N) is 1. The average Bonchev–Trinajstić information content (AvgIpc) is 2.20. The average molecular weight is 235 g/mol. The Morgan fingerprint density at radius 1 is 0.941 bits per heavy atom. The minimum absolute atomic E-state index is 0.241. The maximum Gasteiger partial charge on any atom is 0.225 e. The van der Waals surface area contributed by atoms with Gasteiger partial charge < -0.3 is 5.32 Å². The van der Waals surface area contributed by atoms with E-state index in [1.54, 1.807) is 0 Å². The van der Waals surface area contributed by atoms with Crippen molar-refractivity contribution in [3.63, 3.8) is 0 Å². The van der Waals surface area contributed by atoms with Gasteiger partial charge in [-0.3, -0.25) is 4.79 Å². The van der Waals surface area contributed by atoms with E-state index in [9.17, 15) is 4.79 Å². The number of carbonyl (C=O) groups excluding carboxylic acids is 1. The summed E-state index contributed by atoms with van der Waals surface area (Å²) in [5, 5.41) is 3.36. The molecule has 0 atom stereocenters. The van der Waals surface area contributed by atoms with E-state index in [2.05, 4.69) is 5.32 Å². The predicted octanol–water partition coefficient (Wildman–Crippen LogP) is 2.97. The van der Waals surface area contributed by atoms with E-state index in [1.807, 2.05) is 20.8 Å². The Morgan fingerprint density at radius 2 is 1.41 bits per heavy atom. The largest absolute Gasteiger partial charge is 0.352 e. The predicted molar refractivity (Wildman–Crippen MR) is 68.4 cm³/mol. The summed E-state index contributed by atoms with van der Waals surface area (Å²) in [5.74, 6) is 3.80. The molecule has 2 heteroatoms. The second-order valence-electron chi connectivity index (χ2n) is 7.68. The van der Waals surface area contributed by atoms with Crippen molar-refractivity contribution in [1.29, 1.82) is 0 Å². The molecule has 0 unspecified atom stereocenters. The van der Waals surface area contributed by atoms with Crippen molar-refractivity contribution in [2.45, 2.75) is 58.9 Å². The first kappa shape index (κ1) is 11.6. The lowest BCUT2D eigenvalue weighted by atomic mass is 9.54. The van der Waals surface area contributed by atoms with Crippen molar-refractivity contribution in [1.82, 2.24) is 5.32 Å². The van der Waals surface area contributed by atoms with Gasteiger partial charge in [0.2, 0.25) is 5.91 Å². The lowest BCUT2D eigenvalue weighted by Crippen LogP contribution is -2.57. The molecule has 4 rings (SSSR count). The quantitative estimate of drug-likeness (QED) is 0.744. The zero-order valence-corrected chi connectivity index (χ0v) is 11.3. The molecule has 1 amide bonds. The van der Waals surface area contributed by atoms with Gasteiger partial charge in [-0.2, -0.15) is 0 Å². The highest BCUT2D eigenvalue weighted by Crippen LogP contribution is 2.53. The molecule has 0 heterocycles. The van der Waals surface area contributed by atoms with Gasteiger partial charge in [0.25, 0.3) is 0 Å². The van der Waals surface area contributed by atoms with Crippen LogP contribution in [0.25, 0.3) is 0 Å². The van der Waals surface area contributed by atoms with E-state index in [1.165, 1.54) is 32.1 Å². The number of amides is 1. The molecule has 4 bridgehead atoms. The topological polar surface area (TPSA) is 29.1 Å². The number of rotatable bonds is 1. The molecule has 4 aliphatic rings. The number of hydrogen-bond donors (Lipinski definition) is 1. The van der Waals surface area contributed by atoms with E-state index in [0.29, 0.717) is 6.04 Å². The molecule has 0 aromatic carbocycles. The highest BCUT2D eigenvalue weighted by molar-refractivity contribution is 5.81. The van der Waals surface area contributed by atoms with Crippen molar-refractivity contribution < 1.29 is 4.79 Å². The van der Waals surface area contributed by atoms with Crippen LogP contribution in [-0.2, 0) is 4.79 Å². The van der Waals surface area contributed by atoms with Crippen molar-refractivity contribution in [3.8, 4) is 0 Å². The lowest BCUT2D eigenvalue weighted by Gasteiger charge is -2.54. The van der Waals surface area contributed by atoms with Gasteiger partial charge in [-0.25, -0.2) is 0 Å². The number of carbonyl (C=O) groups is 1. The van der Waals surface area contributed by atoms with Crippen LogP contribution in [0.4, 0.5) is 0 Å². The molecule has 4 fully saturated rings. The highest BCUT2D eigenvalue weighted by Gasteiger charge is 2.49. The van der Waals surface area contributed by atoms with Gasteiger partial charge in [0.1, 0.15) is 0 Å². The van der Waals surface area contributed by atoms with Crippen LogP contribution in [0, 0.1) is 29.1 Å². The van der Waals surface area contributed by atoms with Gasteiger partial charge in [-0.1, -0.05) is 20.8 Å². The van der Waals surface area contributed by atoms with Crippen LogP contribution in [-0.4, -0.2) is 11.9 Å². The zero-order chi connectivity index (χ0) is 12.2. The molecular formula is C15H25NO. The molecule has 1 N–H and O–H groups in total. The third-order valence-electron chi connectivity index (χ3n) is 5.21. The van der Waals surface area contributed by atoms with E-state index in [-0.39, 0.29) is 11.3 Å². The summed E-state index contributed by atoms with van der Waals surface area (Å²) in [6.07, 6.45) is 6.99. The van der Waals surface area contributed by atoms with Crippen molar-refractivity contribution in [2.24, 2.45) is 29.1 Å². The fourth-order valence-corrected chi connectivity index (χ4v) is 4.53. The summed E-state index contributed by atoms with van der Waals surface area (Å²) >= 11 is 0. The molecule has 0 aromatic heterocycles. The third-order valence-corrected chi connectivity index (χ3v) is 5.21. The van der Waals surface area contributed by atoms with Gasteiger partial charge in [0, 0.05) is 11.5 Å². The summed E-state index contributed by atoms with van der Waals surface area (Å²) in [6.45, 7) is 6.04. The smallest absolute Gasteiger partial charge is 0.225 e. The van der Waals surface area contributed by atoms with E-state index < -0.39 is 0 Å². The molecule has 0 aromatic rings. The zero-order valence-electron chi connectivity index (χ0n) is 11.3. The standard InChI is InChI=1S/C15H25NO/c1-15(2,3)14(17)16-13-11-5-9-4-10(7-11)8-12(13)6-9/h9-13H,4-8H2,1-3H3,(H,16,17). The van der Waals surface area contributed by atoms with E-state index in [0.717, 1.165) is 23.7 Å². The Labute approximate surface area is 105 Å². The van der Waals surface area contributed by atoms with Crippen molar-refractivity contribution in [2.75, 3.05) is 0 Å². The van der Waals surface area contributed by atoms with Crippen molar-refractivity contribution in [3.05, 3.63) is 0 Å². The Bertz CT molecular complexity index is 300. The SMILES string of the molecule is CC(C)(C)C(=O)NC1C2CC3CC(C2)CC1C3. The Morgan fingerprint density at radius 3 is 1.82 bits per heavy atom. The monoisotopic (exact) mass is 235 g/mol. The van der Waals surface area contributed by atoms with Crippen LogP contribution in [0.2, 0.25) is 0 Å². The molecule has 96 valence electrons. The Kier molecular flexibility index (Phi) is 2.53. The normalized spacial score (nSPS) is 43.8. The van der Waals surface area contributed by atoms with Crippen molar-refractivity contribution >= 4 is 5.91 Å². The summed E-state index contributed by atoms with van der Waals surface area (Å²) in [5.41, 5.74) is -0.241. The minimum Gasteiger partial charge on any atom is -0.352 e. The molecule has 4 saturated carbocycles. The highest BCUT2D eigenvalue weighted by atomic mass is 16.2. The molecule has 0 aliphatic heterocycles. The fourth-order valence-electron chi connectivity index (χ4n) is 4.53. The maximum atomic E-state index is 12.1. The maximum absolute atomic E-state index is 12.1. The molecule has 0 radical (unpaired) electrons. The van der Waals surface area contributed by atoms with Gasteiger partial charge in [-0.05, 0) is 55.8 Å². The van der Waals surface area contributed by atoms with Crippen LogP contribution in [0.5, 0.6) is 0 Å². The summed E-state index contributed by atoms with van der Waals surface area (Å²) in [7, 11) is 0. The van der Waals surface area contributed by atoms with Gasteiger partial charge >= 0.3 is 0 Å². The molecule has 17 heavy (non-hydrogen) atoms. The van der Waals surface area contributed by atoms with Crippen LogP contribution in [0.3, 0.4) is 0 Å². The first-order valence-electron chi connectivity index (χ1n) is 7.24. The summed E-state index contributed by atoms with van der Waals surface area (Å²) in [6, 6.07) is 0.495. The van der Waals surface area contributed by atoms with Gasteiger partial charge in [-0.15, -0.1) is 0 Å². The molecule has 4 aliphatic carbocycles. The second-order valence-corrected chi connectivity index (χ2v) is 7.68. The fraction of sp³-hybridized carbons (Fsp3) is 0.933. The van der Waals surface area contributed by atoms with Crippen LogP contribution >= 0.6 is 0 Å².